The van der Waals surface area contributed by atoms with Crippen molar-refractivity contribution in [2.24, 2.45) is 0 Å². The lowest BCUT2D eigenvalue weighted by Gasteiger charge is -2.29. The quantitative estimate of drug-likeness (QED) is 0.811. The smallest absolute Gasteiger partial charge is 0.137 e. The summed E-state index contributed by atoms with van der Waals surface area (Å²) in [5, 5.41) is 0. The summed E-state index contributed by atoms with van der Waals surface area (Å²) < 4.78 is 0. The average Bonchev–Trinajstić information content (AvgIpc) is 2.40. The second kappa shape index (κ2) is 5.24. The lowest BCUT2D eigenvalue weighted by Crippen LogP contribution is -2.20. The van der Waals surface area contributed by atoms with E-state index in [1.165, 1.54) is 22.3 Å². The second-order valence-electron chi connectivity index (χ2n) is 5.94. The molecule has 1 aliphatic rings. The van der Waals surface area contributed by atoms with Crippen LogP contribution in [0.2, 0.25) is 0 Å². The molecule has 1 aliphatic carbocycles. The predicted molar refractivity (Wildman–Crippen MR) is 82.1 cm³/mol. The van der Waals surface area contributed by atoms with Crippen LogP contribution in [0, 0.1) is 13.8 Å². The number of hydrogen-bond donors (Lipinski definition) is 0. The van der Waals surface area contributed by atoms with Gasteiger partial charge < -0.3 is 0 Å². The summed E-state index contributed by atoms with van der Waals surface area (Å²) in [5.74, 6) is 0.804. The van der Waals surface area contributed by atoms with Gasteiger partial charge in [0, 0.05) is 12.8 Å². The maximum absolute atomic E-state index is 12.2. The summed E-state index contributed by atoms with van der Waals surface area (Å²) in [6.07, 6.45) is 2.32. The Bertz CT molecular complexity index is 655. The molecule has 1 nitrogen and oxygen atoms in total. The summed E-state index contributed by atoms with van der Waals surface area (Å²) in [6.45, 7) is 4.21. The van der Waals surface area contributed by atoms with Crippen LogP contribution in [0.25, 0.3) is 0 Å². The first-order chi connectivity index (χ1) is 9.63. The number of carbonyl (C=O) groups excluding carboxylic acids is 1. The fourth-order valence-corrected chi connectivity index (χ4v) is 3.03. The highest BCUT2D eigenvalue weighted by atomic mass is 16.1. The first kappa shape index (κ1) is 13.1. The van der Waals surface area contributed by atoms with Crippen molar-refractivity contribution in [3.05, 3.63) is 70.3 Å². The zero-order valence-electron chi connectivity index (χ0n) is 12.1. The van der Waals surface area contributed by atoms with E-state index in [0.717, 1.165) is 12.0 Å². The highest BCUT2D eigenvalue weighted by molar-refractivity contribution is 5.82. The molecule has 0 fully saturated rings. The number of benzene rings is 2. The minimum Gasteiger partial charge on any atom is -0.299 e. The number of ketones is 1. The van der Waals surface area contributed by atoms with Crippen LogP contribution < -0.4 is 0 Å². The molecule has 0 spiro atoms. The number of fused-ring (bicyclic) bond motifs is 1. The molecule has 0 aromatic heterocycles. The molecule has 2 aromatic rings. The maximum atomic E-state index is 12.2. The summed E-state index contributed by atoms with van der Waals surface area (Å²) in [5.41, 5.74) is 6.49. The molecule has 1 unspecified atom stereocenters. The van der Waals surface area contributed by atoms with Crippen molar-refractivity contribution in [1.82, 2.24) is 0 Å². The Labute approximate surface area is 120 Å². The Balaban J connectivity index is 1.62. The van der Waals surface area contributed by atoms with Gasteiger partial charge in [-0.25, -0.2) is 0 Å². The fraction of sp³-hybridized carbons (Fsp3) is 0.316. The molecule has 0 N–H and O–H groups in total. The van der Waals surface area contributed by atoms with Gasteiger partial charge in [-0.15, -0.1) is 0 Å². The van der Waals surface area contributed by atoms with Crippen molar-refractivity contribution in [2.45, 2.75) is 39.0 Å². The number of hydrogen-bond acceptors (Lipinski definition) is 1. The van der Waals surface area contributed by atoms with Crippen molar-refractivity contribution in [1.29, 1.82) is 0 Å². The first-order valence-electron chi connectivity index (χ1n) is 7.29. The molecule has 0 heterocycles. The van der Waals surface area contributed by atoms with Gasteiger partial charge in [-0.05, 0) is 54.0 Å². The Morgan fingerprint density at radius 3 is 2.65 bits per heavy atom. The van der Waals surface area contributed by atoms with Gasteiger partial charge in [0.15, 0.2) is 0 Å². The molecule has 2 aromatic carbocycles. The van der Waals surface area contributed by atoms with Gasteiger partial charge in [0.05, 0.1) is 0 Å². The van der Waals surface area contributed by atoms with Crippen molar-refractivity contribution >= 4 is 5.78 Å². The number of carbonyl (C=O) groups is 1. The Hall–Kier alpha value is -1.89. The van der Waals surface area contributed by atoms with E-state index >= 15 is 0 Å². The van der Waals surface area contributed by atoms with Crippen LogP contribution in [-0.2, 0) is 17.6 Å². The Morgan fingerprint density at radius 1 is 1.10 bits per heavy atom. The molecule has 102 valence electrons. The van der Waals surface area contributed by atoms with E-state index in [4.69, 9.17) is 0 Å². The topological polar surface area (TPSA) is 17.1 Å². The minimum absolute atomic E-state index is 0.354. The predicted octanol–water partition coefficient (Wildman–Crippen LogP) is 4.15. The normalized spacial score (nSPS) is 16.4. The van der Waals surface area contributed by atoms with Gasteiger partial charge >= 0.3 is 0 Å². The summed E-state index contributed by atoms with van der Waals surface area (Å²) >= 11 is 0. The molecule has 1 atom stereocenters. The summed E-state index contributed by atoms with van der Waals surface area (Å²) in [4.78, 5) is 12.2. The maximum Gasteiger partial charge on any atom is 0.137 e. The van der Waals surface area contributed by atoms with Crippen LogP contribution in [0.1, 0.15) is 40.2 Å². The van der Waals surface area contributed by atoms with E-state index < -0.39 is 0 Å². The van der Waals surface area contributed by atoms with Gasteiger partial charge in [-0.3, -0.25) is 4.79 Å². The third-order valence-electron chi connectivity index (χ3n) is 4.41. The van der Waals surface area contributed by atoms with E-state index in [2.05, 4.69) is 56.3 Å². The van der Waals surface area contributed by atoms with Crippen molar-refractivity contribution in [3.63, 3.8) is 0 Å². The summed E-state index contributed by atoms with van der Waals surface area (Å²) in [7, 11) is 0. The van der Waals surface area contributed by atoms with Crippen LogP contribution in [0.4, 0.5) is 0 Å². The molecular formula is C19H20O. The van der Waals surface area contributed by atoms with Gasteiger partial charge in [-0.2, -0.15) is 0 Å². The standard InChI is InChI=1S/C19H20O/c1-13-7-8-15(9-14(13)2)10-18(20)12-17-11-16-5-3-4-6-19(16)17/h3-9,17H,10-12H2,1-2H3. The highest BCUT2D eigenvalue weighted by Crippen LogP contribution is 2.37. The van der Waals surface area contributed by atoms with Crippen LogP contribution in [0.3, 0.4) is 0 Å². The molecule has 0 saturated heterocycles. The second-order valence-corrected chi connectivity index (χ2v) is 5.94. The van der Waals surface area contributed by atoms with Gasteiger partial charge in [-0.1, -0.05) is 42.5 Å². The number of aryl methyl sites for hydroxylation is 2. The minimum atomic E-state index is 0.354. The molecule has 0 aliphatic heterocycles. The molecule has 1 heteroatoms. The number of rotatable bonds is 4. The van der Waals surface area contributed by atoms with E-state index in [9.17, 15) is 4.79 Å². The Morgan fingerprint density at radius 2 is 1.90 bits per heavy atom. The molecule has 0 radical (unpaired) electrons. The van der Waals surface area contributed by atoms with Crippen molar-refractivity contribution in [2.75, 3.05) is 0 Å². The monoisotopic (exact) mass is 264 g/mol. The third kappa shape index (κ3) is 2.53. The average molecular weight is 264 g/mol. The van der Waals surface area contributed by atoms with Gasteiger partial charge in [0.2, 0.25) is 0 Å². The molecule has 0 bridgehead atoms. The van der Waals surface area contributed by atoms with E-state index in [-0.39, 0.29) is 0 Å². The van der Waals surface area contributed by atoms with Crippen LogP contribution >= 0.6 is 0 Å². The first-order valence-corrected chi connectivity index (χ1v) is 7.29. The molecular weight excluding hydrogens is 244 g/mol. The molecule has 20 heavy (non-hydrogen) atoms. The largest absolute Gasteiger partial charge is 0.299 e. The SMILES string of the molecule is Cc1ccc(CC(=O)CC2Cc3ccccc32)cc1C. The molecule has 3 rings (SSSR count). The lowest BCUT2D eigenvalue weighted by atomic mass is 9.74. The van der Waals surface area contributed by atoms with E-state index in [1.807, 2.05) is 0 Å². The highest BCUT2D eigenvalue weighted by Gasteiger charge is 2.27. The van der Waals surface area contributed by atoms with Gasteiger partial charge in [0.25, 0.3) is 0 Å². The van der Waals surface area contributed by atoms with Crippen LogP contribution in [-0.4, -0.2) is 5.78 Å². The zero-order chi connectivity index (χ0) is 14.1. The van der Waals surface area contributed by atoms with E-state index in [1.54, 1.807) is 0 Å². The van der Waals surface area contributed by atoms with Gasteiger partial charge in [0.1, 0.15) is 5.78 Å². The van der Waals surface area contributed by atoms with Crippen molar-refractivity contribution < 1.29 is 4.79 Å². The molecule has 0 saturated carbocycles. The zero-order valence-corrected chi connectivity index (χ0v) is 12.1. The molecule has 0 amide bonds. The lowest BCUT2D eigenvalue weighted by molar-refractivity contribution is -0.118. The Kier molecular flexibility index (Phi) is 3.43. The third-order valence-corrected chi connectivity index (χ3v) is 4.41. The number of Topliss-reactive ketones (excluding diaryl/α,β-unsaturated/α-hetero) is 1. The summed E-state index contributed by atoms with van der Waals surface area (Å²) in [6, 6.07) is 14.8. The van der Waals surface area contributed by atoms with E-state index in [0.29, 0.717) is 24.5 Å². The van der Waals surface area contributed by atoms with Crippen LogP contribution in [0.15, 0.2) is 42.5 Å². The van der Waals surface area contributed by atoms with Crippen LogP contribution in [0.5, 0.6) is 0 Å². The fourth-order valence-electron chi connectivity index (χ4n) is 3.03. The van der Waals surface area contributed by atoms with Crippen molar-refractivity contribution in [3.8, 4) is 0 Å².